The van der Waals surface area contributed by atoms with Gasteiger partial charge in [0.2, 0.25) is 0 Å². The van der Waals surface area contributed by atoms with Crippen LogP contribution in [0.25, 0.3) is 10.9 Å². The molecule has 1 amide bonds. The zero-order valence-electron chi connectivity index (χ0n) is 17.4. The highest BCUT2D eigenvalue weighted by molar-refractivity contribution is 5.93. The smallest absolute Gasteiger partial charge is 0.258 e. The average Bonchev–Trinajstić information content (AvgIpc) is 2.77. The van der Waals surface area contributed by atoms with Gasteiger partial charge >= 0.3 is 0 Å². The van der Waals surface area contributed by atoms with Crippen molar-refractivity contribution in [1.82, 2.24) is 15.3 Å². The van der Waals surface area contributed by atoms with Gasteiger partial charge in [-0.2, -0.15) is 0 Å². The summed E-state index contributed by atoms with van der Waals surface area (Å²) < 4.78 is 30.2. The Morgan fingerprint density at radius 2 is 2.00 bits per heavy atom. The molecule has 0 atom stereocenters. The summed E-state index contributed by atoms with van der Waals surface area (Å²) in [7, 11) is 3.01. The van der Waals surface area contributed by atoms with Gasteiger partial charge in [0.1, 0.15) is 23.7 Å². The number of aromatic nitrogens is 2. The van der Waals surface area contributed by atoms with Crippen LogP contribution in [0.5, 0.6) is 17.2 Å². The number of carbonyl (C=O) groups excluding carboxylic acids is 1. The number of phenols is 1. The number of methoxy groups -OCH3 is 2. The van der Waals surface area contributed by atoms with E-state index >= 15 is 0 Å². The van der Waals surface area contributed by atoms with Gasteiger partial charge in [-0.15, -0.1) is 0 Å². The first-order chi connectivity index (χ1) is 14.9. The summed E-state index contributed by atoms with van der Waals surface area (Å²) in [6.45, 7) is 2.15. The third kappa shape index (κ3) is 5.10. The van der Waals surface area contributed by atoms with Gasteiger partial charge in [-0.05, 0) is 25.1 Å². The number of hydrogen-bond acceptors (Lipinski definition) is 8. The van der Waals surface area contributed by atoms with Crippen LogP contribution >= 0.6 is 0 Å². The minimum absolute atomic E-state index is 0.0423. The molecule has 10 heteroatoms. The van der Waals surface area contributed by atoms with Gasteiger partial charge in [0.25, 0.3) is 5.91 Å². The normalized spacial score (nSPS) is 10.7. The fraction of sp³-hybridized carbons (Fsp3) is 0.286. The van der Waals surface area contributed by atoms with Crippen LogP contribution in [0.3, 0.4) is 0 Å². The molecule has 3 rings (SSSR count). The van der Waals surface area contributed by atoms with Gasteiger partial charge in [-0.25, -0.2) is 14.4 Å². The predicted molar refractivity (Wildman–Crippen MR) is 113 cm³/mol. The zero-order chi connectivity index (χ0) is 22.4. The highest BCUT2D eigenvalue weighted by atomic mass is 19.1. The van der Waals surface area contributed by atoms with E-state index in [2.05, 4.69) is 20.6 Å². The topological polar surface area (TPSA) is 115 Å². The maximum absolute atomic E-state index is 14.3. The van der Waals surface area contributed by atoms with E-state index in [1.165, 1.54) is 19.5 Å². The molecule has 0 unspecified atom stereocenters. The summed E-state index contributed by atoms with van der Waals surface area (Å²) in [5.41, 5.74) is 0.941. The molecule has 9 nitrogen and oxygen atoms in total. The van der Waals surface area contributed by atoms with E-state index in [4.69, 9.17) is 14.2 Å². The molecule has 1 heterocycles. The van der Waals surface area contributed by atoms with Gasteiger partial charge in [0.15, 0.2) is 18.1 Å². The van der Waals surface area contributed by atoms with E-state index < -0.39 is 5.82 Å². The zero-order valence-corrected chi connectivity index (χ0v) is 17.4. The highest BCUT2D eigenvalue weighted by Crippen LogP contribution is 2.36. The number of amides is 1. The van der Waals surface area contributed by atoms with Crippen LogP contribution in [0.1, 0.15) is 5.56 Å². The minimum Gasteiger partial charge on any atom is -0.508 e. The van der Waals surface area contributed by atoms with Crippen molar-refractivity contribution in [3.8, 4) is 17.2 Å². The van der Waals surface area contributed by atoms with Crippen molar-refractivity contribution in [2.75, 3.05) is 39.3 Å². The van der Waals surface area contributed by atoms with Crippen LogP contribution in [0.4, 0.5) is 15.9 Å². The number of rotatable bonds is 9. The van der Waals surface area contributed by atoms with Crippen LogP contribution in [0.15, 0.2) is 30.6 Å². The van der Waals surface area contributed by atoms with E-state index in [9.17, 15) is 14.3 Å². The van der Waals surface area contributed by atoms with Crippen LogP contribution in [-0.2, 0) is 9.53 Å². The number of nitrogens with zero attached hydrogens (tertiary/aromatic N) is 2. The standard InChI is InChI=1S/C21H23FN4O5/c1-12-16(27)5-4-14(22)20(12)26-21-13-8-17(30-3)18(9-15(13)24-11-25-21)31-10-19(28)23-6-7-29-2/h4-5,8-9,11,27H,6-7,10H2,1-3H3,(H,23,28)(H,24,25,26). The Kier molecular flexibility index (Phi) is 7.03. The van der Waals surface area contributed by atoms with Gasteiger partial charge in [0, 0.05) is 30.7 Å². The Morgan fingerprint density at radius 1 is 1.19 bits per heavy atom. The number of anilines is 2. The lowest BCUT2D eigenvalue weighted by molar-refractivity contribution is -0.123. The quantitative estimate of drug-likeness (QED) is 0.444. The van der Waals surface area contributed by atoms with Crippen molar-refractivity contribution in [1.29, 1.82) is 0 Å². The first-order valence-corrected chi connectivity index (χ1v) is 9.40. The maximum Gasteiger partial charge on any atom is 0.258 e. The molecule has 3 aromatic rings. The SMILES string of the molecule is COCCNC(=O)COc1cc2ncnc(Nc3c(F)ccc(O)c3C)c2cc1OC. The van der Waals surface area contributed by atoms with Gasteiger partial charge < -0.3 is 30.0 Å². The molecule has 31 heavy (non-hydrogen) atoms. The summed E-state index contributed by atoms with van der Waals surface area (Å²) in [6.07, 6.45) is 1.31. The largest absolute Gasteiger partial charge is 0.508 e. The fourth-order valence-corrected chi connectivity index (χ4v) is 2.86. The second-order valence-electron chi connectivity index (χ2n) is 6.57. The lowest BCUT2D eigenvalue weighted by Crippen LogP contribution is -2.31. The Balaban J connectivity index is 1.88. The van der Waals surface area contributed by atoms with E-state index in [-0.39, 0.29) is 24.0 Å². The molecule has 0 aliphatic carbocycles. The molecule has 0 aliphatic heterocycles. The minimum atomic E-state index is -0.534. The summed E-state index contributed by atoms with van der Waals surface area (Å²) >= 11 is 0. The molecular weight excluding hydrogens is 407 g/mol. The molecular formula is C21H23FN4O5. The lowest BCUT2D eigenvalue weighted by atomic mass is 10.1. The molecule has 3 N–H and O–H groups in total. The Hall–Kier alpha value is -3.66. The third-order valence-electron chi connectivity index (χ3n) is 4.54. The van der Waals surface area contributed by atoms with Gasteiger partial charge in [-0.1, -0.05) is 0 Å². The van der Waals surface area contributed by atoms with Crippen molar-refractivity contribution >= 4 is 28.3 Å². The Morgan fingerprint density at radius 3 is 2.74 bits per heavy atom. The van der Waals surface area contributed by atoms with Crippen molar-refractivity contribution in [2.45, 2.75) is 6.92 Å². The fourth-order valence-electron chi connectivity index (χ4n) is 2.86. The van der Waals surface area contributed by atoms with Gasteiger partial charge in [-0.3, -0.25) is 4.79 Å². The van der Waals surface area contributed by atoms with Crippen molar-refractivity contribution in [2.24, 2.45) is 0 Å². The van der Waals surface area contributed by atoms with Crippen LogP contribution in [-0.4, -0.2) is 55.0 Å². The van der Waals surface area contributed by atoms with E-state index in [0.717, 1.165) is 6.07 Å². The predicted octanol–water partition coefficient (Wildman–Crippen LogP) is 2.68. The highest BCUT2D eigenvalue weighted by Gasteiger charge is 2.16. The second-order valence-corrected chi connectivity index (χ2v) is 6.57. The van der Waals surface area contributed by atoms with Crippen molar-refractivity contribution < 1.29 is 28.5 Å². The number of ether oxygens (including phenoxy) is 3. The summed E-state index contributed by atoms with van der Waals surface area (Å²) in [5, 5.41) is 16.0. The number of phenolic OH excluding ortho intramolecular Hbond substituents is 1. The number of nitrogens with one attached hydrogen (secondary N) is 2. The van der Waals surface area contributed by atoms with Crippen LogP contribution in [0, 0.1) is 12.7 Å². The van der Waals surface area contributed by atoms with Crippen molar-refractivity contribution in [3.63, 3.8) is 0 Å². The molecule has 0 saturated carbocycles. The summed E-state index contributed by atoms with van der Waals surface area (Å²) in [4.78, 5) is 20.3. The molecule has 0 bridgehead atoms. The molecule has 0 radical (unpaired) electrons. The molecule has 164 valence electrons. The molecule has 0 aliphatic rings. The van der Waals surface area contributed by atoms with Crippen LogP contribution in [0.2, 0.25) is 0 Å². The first kappa shape index (κ1) is 22.0. The van der Waals surface area contributed by atoms with E-state index in [1.54, 1.807) is 26.2 Å². The van der Waals surface area contributed by atoms with E-state index in [0.29, 0.717) is 46.9 Å². The number of hydrogen-bond donors (Lipinski definition) is 3. The molecule has 0 fully saturated rings. The van der Waals surface area contributed by atoms with Gasteiger partial charge in [0.05, 0.1) is 24.9 Å². The first-order valence-electron chi connectivity index (χ1n) is 9.40. The summed E-state index contributed by atoms with van der Waals surface area (Å²) in [6, 6.07) is 5.69. The number of aromatic hydroxyl groups is 1. The summed E-state index contributed by atoms with van der Waals surface area (Å²) in [5.74, 6) is 0.107. The number of benzene rings is 2. The molecule has 1 aromatic heterocycles. The monoisotopic (exact) mass is 430 g/mol. The molecule has 0 spiro atoms. The van der Waals surface area contributed by atoms with Crippen LogP contribution < -0.4 is 20.1 Å². The van der Waals surface area contributed by atoms with Crippen molar-refractivity contribution in [3.05, 3.63) is 42.0 Å². The Labute approximate surface area is 178 Å². The second kappa shape index (κ2) is 9.90. The molecule has 2 aromatic carbocycles. The Bertz CT molecular complexity index is 1090. The third-order valence-corrected chi connectivity index (χ3v) is 4.54. The van der Waals surface area contributed by atoms with E-state index in [1.807, 2.05) is 0 Å². The maximum atomic E-state index is 14.3. The number of carbonyl (C=O) groups is 1. The number of halogens is 1. The molecule has 0 saturated heterocycles. The average molecular weight is 430 g/mol. The lowest BCUT2D eigenvalue weighted by Gasteiger charge is -2.15. The number of fused-ring (bicyclic) bond motifs is 1.